The van der Waals surface area contributed by atoms with Gasteiger partial charge in [0, 0.05) is 6.04 Å². The van der Waals surface area contributed by atoms with Gasteiger partial charge in [-0.25, -0.2) is 0 Å². The van der Waals surface area contributed by atoms with E-state index in [4.69, 9.17) is 0 Å². The van der Waals surface area contributed by atoms with Crippen molar-refractivity contribution in [1.82, 2.24) is 5.32 Å². The lowest BCUT2D eigenvalue weighted by Gasteiger charge is -2.20. The lowest BCUT2D eigenvalue weighted by atomic mass is 9.98. The first-order chi connectivity index (χ1) is 9.98. The molecule has 1 aromatic carbocycles. The third kappa shape index (κ3) is 4.38. The van der Waals surface area contributed by atoms with Crippen LogP contribution in [0.25, 0.3) is 0 Å². The summed E-state index contributed by atoms with van der Waals surface area (Å²) in [6, 6.07) is 1.04. The summed E-state index contributed by atoms with van der Waals surface area (Å²) in [5.41, 5.74) is -4.57. The summed E-state index contributed by atoms with van der Waals surface area (Å²) in [6.45, 7) is 3.30. The van der Waals surface area contributed by atoms with E-state index in [0.717, 1.165) is 0 Å². The molecule has 1 N–H and O–H groups in total. The number of carbonyl (C=O) groups is 1. The molecule has 0 spiro atoms. The number of alkyl halides is 6. The molecule has 0 fully saturated rings. The van der Waals surface area contributed by atoms with Gasteiger partial charge in [-0.05, 0) is 25.5 Å². The maximum Gasteiger partial charge on any atom is 0.417 e. The number of amides is 1. The summed E-state index contributed by atoms with van der Waals surface area (Å²) >= 11 is 0. The molecule has 124 valence electrons. The zero-order valence-corrected chi connectivity index (χ0v) is 11.9. The van der Waals surface area contributed by atoms with Crippen LogP contribution in [-0.4, -0.2) is 11.9 Å². The van der Waals surface area contributed by atoms with E-state index in [1.165, 1.54) is 6.92 Å². The second-order valence-corrected chi connectivity index (χ2v) is 4.89. The molecule has 1 atom stereocenters. The Kier molecular flexibility index (Phi) is 5.48. The number of halogens is 6. The van der Waals surface area contributed by atoms with Crippen molar-refractivity contribution in [2.75, 3.05) is 0 Å². The zero-order chi connectivity index (χ0) is 17.1. The Hall–Kier alpha value is -1.73. The molecule has 0 saturated carbocycles. The van der Waals surface area contributed by atoms with Gasteiger partial charge in [0.1, 0.15) is 0 Å². The summed E-state index contributed by atoms with van der Waals surface area (Å²) in [5, 5.41) is 2.18. The van der Waals surface area contributed by atoms with E-state index in [2.05, 4.69) is 5.32 Å². The molecular weight excluding hydrogens is 312 g/mol. The van der Waals surface area contributed by atoms with Crippen molar-refractivity contribution in [2.45, 2.75) is 45.1 Å². The number of nitrogens with one attached hydrogen (secondary N) is 1. The topological polar surface area (TPSA) is 29.1 Å². The monoisotopic (exact) mass is 327 g/mol. The molecule has 1 rings (SSSR count). The SMILES string of the molecule is CCCC(C)NC(=O)c1c(C(F)(F)F)cccc1C(F)(F)F. The Morgan fingerprint density at radius 2 is 1.55 bits per heavy atom. The minimum atomic E-state index is -5.05. The summed E-state index contributed by atoms with van der Waals surface area (Å²) in [7, 11) is 0. The van der Waals surface area contributed by atoms with Crippen molar-refractivity contribution in [3.05, 3.63) is 34.9 Å². The molecule has 1 unspecified atom stereocenters. The first-order valence-electron chi connectivity index (χ1n) is 6.56. The van der Waals surface area contributed by atoms with Crippen LogP contribution in [-0.2, 0) is 12.4 Å². The van der Waals surface area contributed by atoms with E-state index in [-0.39, 0.29) is 0 Å². The molecule has 22 heavy (non-hydrogen) atoms. The van der Waals surface area contributed by atoms with Crippen molar-refractivity contribution in [3.63, 3.8) is 0 Å². The predicted octanol–water partition coefficient (Wildman–Crippen LogP) is 4.64. The molecule has 0 saturated heterocycles. The summed E-state index contributed by atoms with van der Waals surface area (Å²) in [6.07, 6.45) is -9.03. The molecule has 0 radical (unpaired) electrons. The van der Waals surface area contributed by atoms with Crippen LogP contribution >= 0.6 is 0 Å². The summed E-state index contributed by atoms with van der Waals surface area (Å²) in [5.74, 6) is -1.37. The molecule has 0 bridgehead atoms. The van der Waals surface area contributed by atoms with Crippen LogP contribution in [0.15, 0.2) is 18.2 Å². The Balaban J connectivity index is 3.38. The molecule has 0 heterocycles. The Labute approximate surface area is 123 Å². The lowest BCUT2D eigenvalue weighted by molar-refractivity contribution is -0.143. The van der Waals surface area contributed by atoms with Gasteiger partial charge in [-0.15, -0.1) is 0 Å². The first kappa shape index (κ1) is 18.3. The molecule has 1 amide bonds. The standard InChI is InChI=1S/C14H15F6NO/c1-3-5-8(2)21-12(22)11-9(13(15,16)17)6-4-7-10(11)14(18,19)20/h4,6-8H,3,5H2,1-2H3,(H,21,22). The average Bonchev–Trinajstić information content (AvgIpc) is 2.35. The number of carbonyl (C=O) groups excluding carboxylic acids is 1. The minimum Gasteiger partial charge on any atom is -0.350 e. The second-order valence-electron chi connectivity index (χ2n) is 4.89. The van der Waals surface area contributed by atoms with Crippen LogP contribution < -0.4 is 5.32 Å². The number of hydrogen-bond donors (Lipinski definition) is 1. The molecular formula is C14H15F6NO. The molecule has 0 aliphatic rings. The third-order valence-corrected chi connectivity index (χ3v) is 3.00. The van der Waals surface area contributed by atoms with E-state index in [9.17, 15) is 31.1 Å². The van der Waals surface area contributed by atoms with E-state index in [0.29, 0.717) is 31.0 Å². The van der Waals surface area contributed by atoms with Gasteiger partial charge >= 0.3 is 12.4 Å². The van der Waals surface area contributed by atoms with Crippen LogP contribution in [0.3, 0.4) is 0 Å². The van der Waals surface area contributed by atoms with Crippen molar-refractivity contribution in [3.8, 4) is 0 Å². The largest absolute Gasteiger partial charge is 0.417 e. The van der Waals surface area contributed by atoms with E-state index in [1.807, 2.05) is 0 Å². The van der Waals surface area contributed by atoms with Gasteiger partial charge < -0.3 is 5.32 Å². The van der Waals surface area contributed by atoms with Gasteiger partial charge in [0.15, 0.2) is 0 Å². The van der Waals surface area contributed by atoms with Gasteiger partial charge in [0.2, 0.25) is 0 Å². The molecule has 0 aromatic heterocycles. The number of hydrogen-bond acceptors (Lipinski definition) is 1. The first-order valence-corrected chi connectivity index (χ1v) is 6.56. The molecule has 1 aromatic rings. The maximum atomic E-state index is 12.9. The quantitative estimate of drug-likeness (QED) is 0.802. The van der Waals surface area contributed by atoms with E-state index in [1.54, 1.807) is 6.92 Å². The highest BCUT2D eigenvalue weighted by molar-refractivity contribution is 5.97. The summed E-state index contributed by atoms with van der Waals surface area (Å²) in [4.78, 5) is 12.0. The fraction of sp³-hybridized carbons (Fsp3) is 0.500. The smallest absolute Gasteiger partial charge is 0.350 e. The van der Waals surface area contributed by atoms with Gasteiger partial charge in [-0.1, -0.05) is 19.4 Å². The normalized spacial score (nSPS) is 13.8. The van der Waals surface area contributed by atoms with Crippen molar-refractivity contribution < 1.29 is 31.1 Å². The lowest BCUT2D eigenvalue weighted by Crippen LogP contribution is -2.35. The second kappa shape index (κ2) is 6.58. The fourth-order valence-electron chi connectivity index (χ4n) is 2.07. The number of benzene rings is 1. The molecule has 8 heteroatoms. The Bertz CT molecular complexity index is 503. The highest BCUT2D eigenvalue weighted by atomic mass is 19.4. The van der Waals surface area contributed by atoms with Crippen molar-refractivity contribution >= 4 is 5.91 Å². The van der Waals surface area contributed by atoms with Gasteiger partial charge in [0.25, 0.3) is 5.91 Å². The van der Waals surface area contributed by atoms with Crippen molar-refractivity contribution in [1.29, 1.82) is 0 Å². The maximum absolute atomic E-state index is 12.9. The van der Waals surface area contributed by atoms with Gasteiger partial charge in [-0.3, -0.25) is 4.79 Å². The van der Waals surface area contributed by atoms with E-state index >= 15 is 0 Å². The van der Waals surface area contributed by atoms with Crippen LogP contribution in [0, 0.1) is 0 Å². The highest BCUT2D eigenvalue weighted by Crippen LogP contribution is 2.39. The van der Waals surface area contributed by atoms with Crippen LogP contribution in [0.5, 0.6) is 0 Å². The fourth-order valence-corrected chi connectivity index (χ4v) is 2.07. The third-order valence-electron chi connectivity index (χ3n) is 3.00. The average molecular weight is 327 g/mol. The highest BCUT2D eigenvalue weighted by Gasteiger charge is 2.42. The van der Waals surface area contributed by atoms with Crippen molar-refractivity contribution in [2.24, 2.45) is 0 Å². The minimum absolute atomic E-state index is 0.446. The Morgan fingerprint density at radius 1 is 1.09 bits per heavy atom. The van der Waals surface area contributed by atoms with Crippen LogP contribution in [0.1, 0.15) is 48.2 Å². The van der Waals surface area contributed by atoms with Crippen LogP contribution in [0.4, 0.5) is 26.3 Å². The predicted molar refractivity (Wildman–Crippen MR) is 68.3 cm³/mol. The molecule has 2 nitrogen and oxygen atoms in total. The molecule has 0 aliphatic heterocycles. The van der Waals surface area contributed by atoms with Gasteiger partial charge in [0.05, 0.1) is 16.7 Å². The van der Waals surface area contributed by atoms with Crippen LogP contribution in [0.2, 0.25) is 0 Å². The van der Waals surface area contributed by atoms with E-state index < -0.39 is 41.0 Å². The number of rotatable bonds is 4. The Morgan fingerprint density at radius 3 is 1.91 bits per heavy atom. The zero-order valence-electron chi connectivity index (χ0n) is 11.9. The summed E-state index contributed by atoms with van der Waals surface area (Å²) < 4.78 is 77.5. The molecule has 0 aliphatic carbocycles. The van der Waals surface area contributed by atoms with Gasteiger partial charge in [-0.2, -0.15) is 26.3 Å².